The first kappa shape index (κ1) is 16.0. The van der Waals surface area contributed by atoms with Crippen LogP contribution in [0.2, 0.25) is 0 Å². The zero-order valence-corrected chi connectivity index (χ0v) is 14.8. The lowest BCUT2D eigenvalue weighted by Crippen LogP contribution is -2.66. The second-order valence-corrected chi connectivity index (χ2v) is 8.13. The molecule has 2 unspecified atom stereocenters. The van der Waals surface area contributed by atoms with Crippen molar-refractivity contribution in [3.8, 4) is 0 Å². The lowest BCUT2D eigenvalue weighted by Gasteiger charge is -2.61. The Kier molecular flexibility index (Phi) is 4.11. The van der Waals surface area contributed by atoms with Crippen LogP contribution in [0, 0.1) is 12.3 Å². The van der Waals surface area contributed by atoms with Gasteiger partial charge in [-0.2, -0.15) is 0 Å². The van der Waals surface area contributed by atoms with E-state index in [1.807, 2.05) is 0 Å². The molecule has 1 aliphatic heterocycles. The molecular weight excluding hydrogens is 268 g/mol. The molecule has 1 saturated heterocycles. The van der Waals surface area contributed by atoms with E-state index in [0.717, 1.165) is 13.0 Å². The number of nitrogens with zero attached hydrogens (tertiary/aromatic N) is 1. The van der Waals surface area contributed by atoms with E-state index in [1.165, 1.54) is 37.7 Å². The summed E-state index contributed by atoms with van der Waals surface area (Å²) in [5.41, 5.74) is 5.13. The maximum Gasteiger partial charge on any atom is 0.0341 e. The van der Waals surface area contributed by atoms with Gasteiger partial charge in [-0.25, -0.2) is 5.01 Å². The normalized spacial score (nSPS) is 30.1. The van der Waals surface area contributed by atoms with Crippen LogP contribution >= 0.6 is 0 Å². The van der Waals surface area contributed by atoms with E-state index >= 15 is 0 Å². The quantitative estimate of drug-likeness (QED) is 0.662. The van der Waals surface area contributed by atoms with E-state index in [0.29, 0.717) is 11.5 Å². The minimum Gasteiger partial charge on any atom is -0.269 e. The highest BCUT2D eigenvalue weighted by molar-refractivity contribution is 5.44. The van der Waals surface area contributed by atoms with Gasteiger partial charge in [-0.05, 0) is 42.7 Å². The van der Waals surface area contributed by atoms with Crippen LogP contribution in [0.25, 0.3) is 0 Å². The van der Waals surface area contributed by atoms with Gasteiger partial charge >= 0.3 is 0 Å². The van der Waals surface area contributed by atoms with E-state index < -0.39 is 0 Å². The van der Waals surface area contributed by atoms with Crippen molar-refractivity contribution in [1.29, 1.82) is 0 Å². The number of aryl methyl sites for hydroxylation is 1. The second-order valence-electron chi connectivity index (χ2n) is 8.13. The smallest absolute Gasteiger partial charge is 0.0341 e. The van der Waals surface area contributed by atoms with Gasteiger partial charge in [-0.1, -0.05) is 63.8 Å². The molecule has 22 heavy (non-hydrogen) atoms. The van der Waals surface area contributed by atoms with Crippen molar-refractivity contribution < 1.29 is 0 Å². The standard InChI is InChI=1S/C20H32N2/c1-5-6-7-10-20-11-12-22(21)18(19(20,3)4)14-16-9-8-15(2)13-17(16)20/h8-9,13,18H,5-7,10-12,14,21H2,1-4H3. The number of hydrogen-bond donors (Lipinski definition) is 1. The number of piperidine rings is 1. The summed E-state index contributed by atoms with van der Waals surface area (Å²) in [6, 6.07) is 7.58. The number of fused-ring (bicyclic) bond motifs is 4. The monoisotopic (exact) mass is 300 g/mol. The molecule has 2 atom stereocenters. The zero-order valence-electron chi connectivity index (χ0n) is 14.8. The Hall–Kier alpha value is -0.860. The summed E-state index contributed by atoms with van der Waals surface area (Å²) >= 11 is 0. The van der Waals surface area contributed by atoms with Crippen LogP contribution in [0.4, 0.5) is 0 Å². The molecule has 2 aliphatic rings. The van der Waals surface area contributed by atoms with Crippen LogP contribution in [-0.2, 0) is 11.8 Å². The predicted octanol–water partition coefficient (Wildman–Crippen LogP) is 4.34. The molecule has 0 amide bonds. The number of hydrogen-bond acceptors (Lipinski definition) is 2. The average molecular weight is 300 g/mol. The number of hydrazine groups is 1. The minimum absolute atomic E-state index is 0.245. The Morgan fingerprint density at radius 2 is 2.05 bits per heavy atom. The van der Waals surface area contributed by atoms with Gasteiger partial charge in [0.15, 0.2) is 0 Å². The van der Waals surface area contributed by atoms with Gasteiger partial charge in [0.25, 0.3) is 0 Å². The Labute approximate surface area is 136 Å². The molecule has 1 aromatic rings. The highest BCUT2D eigenvalue weighted by Crippen LogP contribution is 2.58. The predicted molar refractivity (Wildman–Crippen MR) is 93.8 cm³/mol. The first-order valence-electron chi connectivity index (χ1n) is 9.04. The van der Waals surface area contributed by atoms with E-state index in [1.54, 1.807) is 11.1 Å². The summed E-state index contributed by atoms with van der Waals surface area (Å²) in [4.78, 5) is 0. The fraction of sp³-hybridized carbons (Fsp3) is 0.700. The van der Waals surface area contributed by atoms with Crippen molar-refractivity contribution in [2.24, 2.45) is 11.3 Å². The third-order valence-electron chi connectivity index (χ3n) is 6.66. The Morgan fingerprint density at radius 1 is 1.27 bits per heavy atom. The van der Waals surface area contributed by atoms with E-state index in [9.17, 15) is 0 Å². The molecule has 0 saturated carbocycles. The van der Waals surface area contributed by atoms with Crippen LogP contribution in [-0.4, -0.2) is 17.6 Å². The maximum absolute atomic E-state index is 6.40. The highest BCUT2D eigenvalue weighted by atomic mass is 15.4. The van der Waals surface area contributed by atoms with Gasteiger partial charge in [-0.15, -0.1) is 0 Å². The first-order valence-corrected chi connectivity index (χ1v) is 9.04. The van der Waals surface area contributed by atoms with Crippen molar-refractivity contribution in [2.75, 3.05) is 6.54 Å². The van der Waals surface area contributed by atoms with Crippen molar-refractivity contribution in [1.82, 2.24) is 5.01 Å². The molecule has 0 radical (unpaired) electrons. The number of unbranched alkanes of at least 4 members (excludes halogenated alkanes) is 2. The molecule has 1 aromatic carbocycles. The lowest BCUT2D eigenvalue weighted by molar-refractivity contribution is -0.0518. The Balaban J connectivity index is 2.10. The summed E-state index contributed by atoms with van der Waals surface area (Å²) in [6.45, 7) is 10.5. The van der Waals surface area contributed by atoms with Gasteiger partial charge in [0.2, 0.25) is 0 Å². The topological polar surface area (TPSA) is 29.3 Å². The van der Waals surface area contributed by atoms with Crippen LogP contribution in [0.5, 0.6) is 0 Å². The first-order chi connectivity index (χ1) is 10.4. The summed E-state index contributed by atoms with van der Waals surface area (Å²) in [6.07, 6.45) is 7.60. The molecule has 2 bridgehead atoms. The van der Waals surface area contributed by atoms with Gasteiger partial charge < -0.3 is 0 Å². The third-order valence-corrected chi connectivity index (χ3v) is 6.66. The molecule has 2 N–H and O–H groups in total. The van der Waals surface area contributed by atoms with Gasteiger partial charge in [-0.3, -0.25) is 5.84 Å². The fourth-order valence-electron chi connectivity index (χ4n) is 5.17. The second kappa shape index (κ2) is 5.65. The number of nitrogens with two attached hydrogens (primary N) is 1. The van der Waals surface area contributed by atoms with Gasteiger partial charge in [0.1, 0.15) is 0 Å². The van der Waals surface area contributed by atoms with Crippen molar-refractivity contribution >= 4 is 0 Å². The number of benzene rings is 1. The van der Waals surface area contributed by atoms with Crippen LogP contribution in [0.3, 0.4) is 0 Å². The largest absolute Gasteiger partial charge is 0.269 e. The molecule has 122 valence electrons. The van der Waals surface area contributed by atoms with Crippen molar-refractivity contribution in [2.45, 2.75) is 77.7 Å². The molecule has 2 nitrogen and oxygen atoms in total. The van der Waals surface area contributed by atoms with Crippen LogP contribution in [0.15, 0.2) is 18.2 Å². The van der Waals surface area contributed by atoms with E-state index in [2.05, 4.69) is 50.9 Å². The molecule has 0 aromatic heterocycles. The SMILES string of the molecule is CCCCCC12CCN(N)C(Cc3ccc(C)cc31)C2(C)C. The molecule has 2 heteroatoms. The van der Waals surface area contributed by atoms with Crippen LogP contribution < -0.4 is 5.84 Å². The molecule has 0 spiro atoms. The summed E-state index contributed by atoms with van der Waals surface area (Å²) in [5, 5.41) is 2.13. The van der Waals surface area contributed by atoms with Gasteiger partial charge in [0, 0.05) is 18.0 Å². The lowest BCUT2D eigenvalue weighted by atomic mass is 9.49. The van der Waals surface area contributed by atoms with Crippen molar-refractivity contribution in [3.05, 3.63) is 34.9 Å². The Morgan fingerprint density at radius 3 is 2.77 bits per heavy atom. The fourth-order valence-corrected chi connectivity index (χ4v) is 5.17. The summed E-state index contributed by atoms with van der Waals surface area (Å²) < 4.78 is 0. The Bertz CT molecular complexity index is 549. The van der Waals surface area contributed by atoms with Crippen molar-refractivity contribution in [3.63, 3.8) is 0 Å². The summed E-state index contributed by atoms with van der Waals surface area (Å²) in [5.74, 6) is 6.40. The maximum atomic E-state index is 6.40. The highest BCUT2D eigenvalue weighted by Gasteiger charge is 2.57. The molecule has 1 fully saturated rings. The van der Waals surface area contributed by atoms with Crippen LogP contribution in [0.1, 0.15) is 69.6 Å². The van der Waals surface area contributed by atoms with E-state index in [-0.39, 0.29) is 5.41 Å². The molecule has 1 heterocycles. The molecule has 1 aliphatic carbocycles. The third kappa shape index (κ3) is 2.23. The minimum atomic E-state index is 0.245. The summed E-state index contributed by atoms with van der Waals surface area (Å²) in [7, 11) is 0. The number of rotatable bonds is 4. The molecular formula is C20H32N2. The van der Waals surface area contributed by atoms with Gasteiger partial charge in [0.05, 0.1) is 0 Å². The zero-order chi connectivity index (χ0) is 16.0. The van der Waals surface area contributed by atoms with E-state index in [4.69, 9.17) is 5.84 Å². The molecule has 3 rings (SSSR count). The average Bonchev–Trinajstić information content (AvgIpc) is 2.46.